The summed E-state index contributed by atoms with van der Waals surface area (Å²) in [5, 5.41) is 12.0. The molecule has 2 N–H and O–H groups in total. The minimum Gasteiger partial charge on any atom is -0.481 e. The van der Waals surface area contributed by atoms with E-state index in [9.17, 15) is 9.59 Å². The summed E-state index contributed by atoms with van der Waals surface area (Å²) >= 11 is 0. The number of carbonyl (C=O) groups is 2. The van der Waals surface area contributed by atoms with E-state index < -0.39 is 5.97 Å². The van der Waals surface area contributed by atoms with Crippen molar-refractivity contribution in [3.8, 4) is 0 Å². The summed E-state index contributed by atoms with van der Waals surface area (Å²) in [6.45, 7) is 2.00. The summed E-state index contributed by atoms with van der Waals surface area (Å²) in [6.07, 6.45) is 4.97. The molecule has 2 aromatic rings. The van der Waals surface area contributed by atoms with Gasteiger partial charge in [0.2, 0.25) is 0 Å². The molecular formula is C21H25N3O3. The molecule has 0 radical (unpaired) electrons. The lowest BCUT2D eigenvalue weighted by Gasteiger charge is -2.20. The van der Waals surface area contributed by atoms with Crippen LogP contribution in [0.3, 0.4) is 0 Å². The topological polar surface area (TPSA) is 82.5 Å². The van der Waals surface area contributed by atoms with Gasteiger partial charge in [-0.25, -0.2) is 0 Å². The molecule has 1 aliphatic heterocycles. The highest BCUT2D eigenvalue weighted by atomic mass is 16.4. The number of carbonyl (C=O) groups excluding carboxylic acids is 1. The highest BCUT2D eigenvalue weighted by Gasteiger charge is 2.19. The molecule has 1 aromatic carbocycles. The number of carboxylic acids is 1. The van der Waals surface area contributed by atoms with E-state index in [1.54, 1.807) is 6.20 Å². The fraction of sp³-hybridized carbons (Fsp3) is 0.381. The Morgan fingerprint density at radius 3 is 2.59 bits per heavy atom. The lowest BCUT2D eigenvalue weighted by molar-refractivity contribution is -0.137. The standard InChI is InChI=1S/C21H25N3O3/c25-20(26)9-8-17(14-16-6-2-1-3-7-16)23-21(27)19-15-18(10-11-22-19)24-12-4-5-13-24/h1-3,6-7,10-11,15,17H,4-5,8-9,12-14H2,(H,23,27)(H,25,26). The second-order valence-electron chi connectivity index (χ2n) is 6.89. The molecule has 2 heterocycles. The molecule has 6 heteroatoms. The van der Waals surface area contributed by atoms with E-state index in [-0.39, 0.29) is 18.4 Å². The number of hydrogen-bond donors (Lipinski definition) is 2. The van der Waals surface area contributed by atoms with Gasteiger partial charge in [0.05, 0.1) is 0 Å². The minimum atomic E-state index is -0.864. The number of hydrogen-bond acceptors (Lipinski definition) is 4. The molecular weight excluding hydrogens is 342 g/mol. The van der Waals surface area contributed by atoms with Crippen molar-refractivity contribution < 1.29 is 14.7 Å². The number of benzene rings is 1. The average Bonchev–Trinajstić information content (AvgIpc) is 3.22. The maximum atomic E-state index is 12.7. The fourth-order valence-electron chi connectivity index (χ4n) is 3.40. The van der Waals surface area contributed by atoms with Crippen LogP contribution in [0.25, 0.3) is 0 Å². The third-order valence-corrected chi connectivity index (χ3v) is 4.81. The molecule has 3 rings (SSSR count). The summed E-state index contributed by atoms with van der Waals surface area (Å²) in [5.41, 5.74) is 2.44. The smallest absolute Gasteiger partial charge is 0.303 e. The third kappa shape index (κ3) is 5.54. The van der Waals surface area contributed by atoms with E-state index in [4.69, 9.17) is 5.11 Å². The maximum absolute atomic E-state index is 12.7. The molecule has 0 aliphatic carbocycles. The van der Waals surface area contributed by atoms with Crippen molar-refractivity contribution in [2.24, 2.45) is 0 Å². The number of pyridine rings is 1. The largest absolute Gasteiger partial charge is 0.481 e. The van der Waals surface area contributed by atoms with Crippen LogP contribution < -0.4 is 10.2 Å². The molecule has 6 nitrogen and oxygen atoms in total. The first kappa shape index (κ1) is 18.9. The summed E-state index contributed by atoms with van der Waals surface area (Å²) in [7, 11) is 0. The van der Waals surface area contributed by atoms with Gasteiger partial charge < -0.3 is 15.3 Å². The molecule has 27 heavy (non-hydrogen) atoms. The fourth-order valence-corrected chi connectivity index (χ4v) is 3.40. The van der Waals surface area contributed by atoms with Gasteiger partial charge in [-0.15, -0.1) is 0 Å². The van der Waals surface area contributed by atoms with Gasteiger partial charge in [0.15, 0.2) is 0 Å². The summed E-state index contributed by atoms with van der Waals surface area (Å²) < 4.78 is 0. The lowest BCUT2D eigenvalue weighted by atomic mass is 10.0. The summed E-state index contributed by atoms with van der Waals surface area (Å²) in [6, 6.07) is 13.2. The van der Waals surface area contributed by atoms with E-state index in [0.29, 0.717) is 18.5 Å². The number of rotatable bonds is 8. The number of aliphatic carboxylic acids is 1. The second-order valence-corrected chi connectivity index (χ2v) is 6.89. The monoisotopic (exact) mass is 367 g/mol. The van der Waals surface area contributed by atoms with Gasteiger partial charge in [-0.2, -0.15) is 0 Å². The van der Waals surface area contributed by atoms with Crippen LogP contribution >= 0.6 is 0 Å². The predicted octanol–water partition coefficient (Wildman–Crippen LogP) is 2.89. The number of amides is 1. The minimum absolute atomic E-state index is 0.0129. The molecule has 0 bridgehead atoms. The number of nitrogens with one attached hydrogen (secondary N) is 1. The normalized spacial score (nSPS) is 14.7. The molecule has 1 unspecified atom stereocenters. The molecule has 1 saturated heterocycles. The first-order chi connectivity index (χ1) is 13.1. The van der Waals surface area contributed by atoms with Crippen LogP contribution in [0.2, 0.25) is 0 Å². The van der Waals surface area contributed by atoms with Crippen LogP contribution in [-0.2, 0) is 11.2 Å². The van der Waals surface area contributed by atoms with Crippen molar-refractivity contribution in [1.29, 1.82) is 0 Å². The Hall–Kier alpha value is -2.89. The molecule has 1 amide bonds. The van der Waals surface area contributed by atoms with Crippen molar-refractivity contribution in [1.82, 2.24) is 10.3 Å². The number of aromatic nitrogens is 1. The Labute approximate surface area is 159 Å². The van der Waals surface area contributed by atoms with Crippen LogP contribution in [0.1, 0.15) is 41.7 Å². The Balaban J connectivity index is 1.69. The Morgan fingerprint density at radius 2 is 1.89 bits per heavy atom. The van der Waals surface area contributed by atoms with E-state index in [1.807, 2.05) is 42.5 Å². The van der Waals surface area contributed by atoms with Crippen LogP contribution in [0.4, 0.5) is 5.69 Å². The van der Waals surface area contributed by atoms with Crippen LogP contribution in [0, 0.1) is 0 Å². The van der Waals surface area contributed by atoms with Gasteiger partial charge in [-0.3, -0.25) is 14.6 Å². The van der Waals surface area contributed by atoms with Crippen molar-refractivity contribution in [2.45, 2.75) is 38.1 Å². The van der Waals surface area contributed by atoms with Crippen molar-refractivity contribution in [3.63, 3.8) is 0 Å². The molecule has 1 aromatic heterocycles. The highest BCUT2D eigenvalue weighted by Crippen LogP contribution is 2.20. The molecule has 1 fully saturated rings. The quantitative estimate of drug-likeness (QED) is 0.750. The average molecular weight is 367 g/mol. The second kappa shape index (κ2) is 9.16. The lowest BCUT2D eigenvalue weighted by Crippen LogP contribution is -2.37. The van der Waals surface area contributed by atoms with Gasteiger partial charge in [-0.05, 0) is 43.4 Å². The van der Waals surface area contributed by atoms with Gasteiger partial charge >= 0.3 is 5.97 Å². The predicted molar refractivity (Wildman–Crippen MR) is 104 cm³/mol. The molecule has 142 valence electrons. The van der Waals surface area contributed by atoms with E-state index in [1.165, 1.54) is 0 Å². The first-order valence-corrected chi connectivity index (χ1v) is 9.39. The van der Waals surface area contributed by atoms with Crippen LogP contribution in [0.5, 0.6) is 0 Å². The summed E-state index contributed by atoms with van der Waals surface area (Å²) in [5.74, 6) is -1.13. The van der Waals surface area contributed by atoms with Gasteiger partial charge in [0, 0.05) is 37.4 Å². The zero-order valence-corrected chi connectivity index (χ0v) is 15.3. The van der Waals surface area contributed by atoms with Gasteiger partial charge in [0.1, 0.15) is 5.69 Å². The number of nitrogens with zero attached hydrogens (tertiary/aromatic N) is 2. The Bertz CT molecular complexity index is 773. The number of anilines is 1. The van der Waals surface area contributed by atoms with Crippen molar-refractivity contribution >= 4 is 17.6 Å². The van der Waals surface area contributed by atoms with E-state index >= 15 is 0 Å². The Morgan fingerprint density at radius 1 is 1.15 bits per heavy atom. The van der Waals surface area contributed by atoms with Crippen LogP contribution in [-0.4, -0.2) is 41.1 Å². The summed E-state index contributed by atoms with van der Waals surface area (Å²) in [4.78, 5) is 30.2. The third-order valence-electron chi connectivity index (χ3n) is 4.81. The van der Waals surface area contributed by atoms with Crippen LogP contribution in [0.15, 0.2) is 48.7 Å². The number of carboxylic acid groups (broad SMARTS) is 1. The SMILES string of the molecule is O=C(O)CCC(Cc1ccccc1)NC(=O)c1cc(N2CCCC2)ccn1. The molecule has 1 aliphatic rings. The van der Waals surface area contributed by atoms with Gasteiger partial charge in [0.25, 0.3) is 5.91 Å². The molecule has 0 spiro atoms. The van der Waals surface area contributed by atoms with Crippen molar-refractivity contribution in [2.75, 3.05) is 18.0 Å². The van der Waals surface area contributed by atoms with Crippen molar-refractivity contribution in [3.05, 3.63) is 59.9 Å². The molecule has 0 saturated carbocycles. The maximum Gasteiger partial charge on any atom is 0.303 e. The highest BCUT2D eigenvalue weighted by molar-refractivity contribution is 5.93. The molecule has 1 atom stereocenters. The Kier molecular flexibility index (Phi) is 6.41. The van der Waals surface area contributed by atoms with E-state index in [2.05, 4.69) is 15.2 Å². The zero-order valence-electron chi connectivity index (χ0n) is 15.3. The van der Waals surface area contributed by atoms with E-state index in [0.717, 1.165) is 37.2 Å². The zero-order chi connectivity index (χ0) is 19.1. The first-order valence-electron chi connectivity index (χ1n) is 9.39. The van der Waals surface area contributed by atoms with Gasteiger partial charge in [-0.1, -0.05) is 30.3 Å².